The molecule has 11 heteroatoms. The number of benzene rings is 1. The van der Waals surface area contributed by atoms with E-state index in [1.54, 1.807) is 49.7 Å². The minimum absolute atomic E-state index is 0.254. The van der Waals surface area contributed by atoms with Crippen LogP contribution in [0.15, 0.2) is 42.0 Å². The van der Waals surface area contributed by atoms with E-state index in [2.05, 4.69) is 26.1 Å². The van der Waals surface area contributed by atoms with Crippen LogP contribution < -0.4 is 14.8 Å². The number of nitrogens with one attached hydrogen (secondary N) is 2. The summed E-state index contributed by atoms with van der Waals surface area (Å²) in [5.74, 6) is 0.244. The van der Waals surface area contributed by atoms with E-state index in [1.165, 1.54) is 6.20 Å². The number of rotatable bonds is 9. The van der Waals surface area contributed by atoms with Gasteiger partial charge < -0.3 is 10.1 Å². The molecule has 0 radical (unpaired) electrons. The Balaban J connectivity index is 1.53. The van der Waals surface area contributed by atoms with Crippen LogP contribution in [0.3, 0.4) is 0 Å². The molecule has 182 valence electrons. The first kappa shape index (κ1) is 24.6. The van der Waals surface area contributed by atoms with E-state index in [1.807, 2.05) is 6.92 Å². The van der Waals surface area contributed by atoms with Gasteiger partial charge in [-0.25, -0.2) is 13.4 Å². The highest BCUT2D eigenvalue weighted by molar-refractivity contribution is 7.93. The van der Waals surface area contributed by atoms with Crippen molar-refractivity contribution in [3.05, 3.63) is 53.3 Å². The molecule has 1 aromatic carbocycles. The van der Waals surface area contributed by atoms with Crippen molar-refractivity contribution in [2.45, 2.75) is 44.3 Å². The fourth-order valence-corrected chi connectivity index (χ4v) is 5.83. The van der Waals surface area contributed by atoms with Crippen LogP contribution in [0.4, 0.5) is 10.8 Å². The summed E-state index contributed by atoms with van der Waals surface area (Å²) in [5.41, 5.74) is 1.90. The molecule has 1 fully saturated rings. The maximum atomic E-state index is 13.2. The predicted molar refractivity (Wildman–Crippen MR) is 135 cm³/mol. The number of amides is 1. The number of carbonyl (C=O) groups is 1. The molecule has 2 heterocycles. The molecular formula is C24H25N5O4S2. The normalized spacial score (nSPS) is 13.7. The second kappa shape index (κ2) is 9.64. The van der Waals surface area contributed by atoms with Crippen LogP contribution >= 0.6 is 11.3 Å². The first-order chi connectivity index (χ1) is 16.6. The van der Waals surface area contributed by atoms with Crippen molar-refractivity contribution in [2.75, 3.05) is 16.6 Å². The smallest absolute Gasteiger partial charge is 0.237 e. The molecule has 9 nitrogen and oxygen atoms in total. The summed E-state index contributed by atoms with van der Waals surface area (Å²) in [7, 11) is -3.42. The molecule has 1 aliphatic rings. The number of thiazole rings is 1. The topological polar surface area (TPSA) is 134 Å². The van der Waals surface area contributed by atoms with Gasteiger partial charge in [-0.05, 0) is 51.8 Å². The van der Waals surface area contributed by atoms with E-state index in [4.69, 9.17) is 4.74 Å². The highest BCUT2D eigenvalue weighted by atomic mass is 32.2. The molecule has 4 rings (SSSR count). The molecule has 3 aromatic rings. The molecule has 0 spiro atoms. The Kier molecular flexibility index (Phi) is 6.78. The molecule has 0 atom stereocenters. The summed E-state index contributed by atoms with van der Waals surface area (Å²) >= 11 is 1.15. The van der Waals surface area contributed by atoms with Crippen molar-refractivity contribution in [3.63, 3.8) is 0 Å². The quantitative estimate of drug-likeness (QED) is 0.437. The molecule has 35 heavy (non-hydrogen) atoms. The molecule has 0 bridgehead atoms. The summed E-state index contributed by atoms with van der Waals surface area (Å²) in [6, 6.07) is 9.08. The number of anilines is 2. The predicted octanol–water partition coefficient (Wildman–Crippen LogP) is 4.30. The lowest BCUT2D eigenvalue weighted by Gasteiger charge is -2.22. The number of carbonyl (C=O) groups excluding carboxylic acids is 1. The van der Waals surface area contributed by atoms with Gasteiger partial charge in [-0.15, -0.1) is 11.3 Å². The van der Waals surface area contributed by atoms with E-state index in [0.717, 1.165) is 22.5 Å². The number of nitriles is 1. The Labute approximate surface area is 208 Å². The molecular weight excluding hydrogens is 486 g/mol. The van der Waals surface area contributed by atoms with Crippen LogP contribution in [0.2, 0.25) is 0 Å². The molecule has 0 unspecified atom stereocenters. The summed E-state index contributed by atoms with van der Waals surface area (Å²) in [6.07, 6.45) is 4.45. The molecule has 1 aliphatic carbocycles. The van der Waals surface area contributed by atoms with Gasteiger partial charge in [-0.2, -0.15) is 5.26 Å². The minimum atomic E-state index is -3.42. The summed E-state index contributed by atoms with van der Waals surface area (Å²) < 4.78 is 32.7. The zero-order valence-corrected chi connectivity index (χ0v) is 21.2. The van der Waals surface area contributed by atoms with Crippen molar-refractivity contribution < 1.29 is 17.9 Å². The van der Waals surface area contributed by atoms with Crippen LogP contribution in [0.5, 0.6) is 5.75 Å². The maximum absolute atomic E-state index is 13.2. The second-order valence-electron chi connectivity index (χ2n) is 8.68. The highest BCUT2D eigenvalue weighted by Gasteiger charge is 2.37. The number of ether oxygens (including phenoxy) is 1. The molecule has 0 aliphatic heterocycles. The lowest BCUT2D eigenvalue weighted by atomic mass is 9.89. The second-order valence-corrected chi connectivity index (χ2v) is 11.5. The van der Waals surface area contributed by atoms with Crippen LogP contribution in [-0.2, 0) is 20.2 Å². The zero-order chi connectivity index (χ0) is 25.2. The third-order valence-electron chi connectivity index (χ3n) is 5.62. The maximum Gasteiger partial charge on any atom is 0.237 e. The average molecular weight is 512 g/mol. The van der Waals surface area contributed by atoms with Gasteiger partial charge in [0, 0.05) is 40.7 Å². The molecule has 1 saturated carbocycles. The Hall–Kier alpha value is -3.49. The number of nitrogens with zero attached hydrogens (tertiary/aromatic N) is 3. The lowest BCUT2D eigenvalue weighted by molar-refractivity contribution is -0.120. The van der Waals surface area contributed by atoms with E-state index in [-0.39, 0.29) is 16.3 Å². The number of hydrogen-bond donors (Lipinski definition) is 2. The summed E-state index contributed by atoms with van der Waals surface area (Å²) in [5, 5.41) is 13.7. The number of aromatic nitrogens is 2. The van der Waals surface area contributed by atoms with Gasteiger partial charge in [0.2, 0.25) is 15.9 Å². The Morgan fingerprint density at radius 1 is 1.29 bits per heavy atom. The number of sulfonamides is 1. The van der Waals surface area contributed by atoms with E-state index >= 15 is 0 Å². The number of hydrogen-bond acceptors (Lipinski definition) is 8. The minimum Gasteiger partial charge on any atom is -0.493 e. The lowest BCUT2D eigenvalue weighted by Crippen LogP contribution is -2.35. The van der Waals surface area contributed by atoms with Gasteiger partial charge in [0.15, 0.2) is 5.13 Å². The fourth-order valence-electron chi connectivity index (χ4n) is 3.36. The van der Waals surface area contributed by atoms with E-state index < -0.39 is 15.4 Å². The zero-order valence-electron chi connectivity index (χ0n) is 19.5. The molecule has 1 amide bonds. The Morgan fingerprint density at radius 2 is 2.06 bits per heavy atom. The molecule has 2 N–H and O–H groups in total. The molecule has 2 aromatic heterocycles. The average Bonchev–Trinajstić information content (AvgIpc) is 3.60. The van der Waals surface area contributed by atoms with E-state index in [0.29, 0.717) is 42.1 Å². The first-order valence-electron chi connectivity index (χ1n) is 11.1. The van der Waals surface area contributed by atoms with Gasteiger partial charge in [-0.1, -0.05) is 0 Å². The third-order valence-corrected chi connectivity index (χ3v) is 8.34. The fraction of sp³-hybridized carbons (Fsp3) is 0.333. The molecule has 0 saturated heterocycles. The van der Waals surface area contributed by atoms with Crippen molar-refractivity contribution in [1.82, 2.24) is 9.97 Å². The Morgan fingerprint density at radius 3 is 2.74 bits per heavy atom. The largest absolute Gasteiger partial charge is 0.493 e. The van der Waals surface area contributed by atoms with Crippen LogP contribution in [-0.4, -0.2) is 36.1 Å². The highest BCUT2D eigenvalue weighted by Crippen LogP contribution is 2.35. The van der Waals surface area contributed by atoms with Crippen molar-refractivity contribution in [2.24, 2.45) is 0 Å². The van der Waals surface area contributed by atoms with Gasteiger partial charge in [0.05, 0.1) is 28.5 Å². The van der Waals surface area contributed by atoms with Crippen LogP contribution in [0, 0.1) is 11.3 Å². The monoisotopic (exact) mass is 511 g/mol. The van der Waals surface area contributed by atoms with E-state index in [9.17, 15) is 18.5 Å². The summed E-state index contributed by atoms with van der Waals surface area (Å²) in [6.45, 7) is 5.74. The SMILES string of the molecule is CCOc1cc(NC(=O)C(C)(C)c2csc(NS(=O)(=O)C3CC3)n2)ccc1-c1cncc(C#N)c1. The van der Waals surface area contributed by atoms with Crippen molar-refractivity contribution in [1.29, 1.82) is 5.26 Å². The van der Waals surface area contributed by atoms with Gasteiger partial charge in [0.1, 0.15) is 11.8 Å². The van der Waals surface area contributed by atoms with Crippen molar-refractivity contribution in [3.8, 4) is 22.9 Å². The van der Waals surface area contributed by atoms with Gasteiger partial charge in [-0.3, -0.25) is 14.5 Å². The van der Waals surface area contributed by atoms with Crippen molar-refractivity contribution >= 4 is 38.1 Å². The summed E-state index contributed by atoms with van der Waals surface area (Å²) in [4.78, 5) is 21.7. The Bertz CT molecular complexity index is 1410. The number of pyridine rings is 1. The van der Waals surface area contributed by atoms with Gasteiger partial charge >= 0.3 is 0 Å². The standard InChI is InChI=1S/C24H25N5O4S2/c1-4-33-20-10-17(5-8-19(20)16-9-15(11-25)12-26-13-16)27-22(30)24(2,3)21-14-34-23(28-21)29-35(31,32)18-6-7-18/h5,8-10,12-14,18H,4,6-7H2,1-3H3,(H,27,30)(H,28,29). The first-order valence-corrected chi connectivity index (χ1v) is 13.5. The van der Waals surface area contributed by atoms with Gasteiger partial charge in [0.25, 0.3) is 0 Å². The van der Waals surface area contributed by atoms with Crippen LogP contribution in [0.25, 0.3) is 11.1 Å². The van der Waals surface area contributed by atoms with Crippen LogP contribution in [0.1, 0.15) is 44.9 Å². The third kappa shape index (κ3) is 5.44.